The highest BCUT2D eigenvalue weighted by atomic mass is 35.5. The molecule has 3 aliphatic rings. The number of anilines is 1. The number of hydrogen-bond donors (Lipinski definition) is 3. The van der Waals surface area contributed by atoms with Crippen molar-refractivity contribution in [3.05, 3.63) is 41.3 Å². The number of imide groups is 1. The molecule has 0 spiro atoms. The highest BCUT2D eigenvalue weighted by Crippen LogP contribution is 2.34. The third-order valence-corrected chi connectivity index (χ3v) is 11.3. The number of rotatable bonds is 12. The maximum Gasteiger partial charge on any atom is 0.387 e. The summed E-state index contributed by atoms with van der Waals surface area (Å²) in [6, 6.07) is 5.73. The van der Waals surface area contributed by atoms with Crippen molar-refractivity contribution < 1.29 is 41.6 Å². The third-order valence-electron chi connectivity index (χ3n) is 9.48. The van der Waals surface area contributed by atoms with E-state index in [0.717, 1.165) is 76.5 Å². The summed E-state index contributed by atoms with van der Waals surface area (Å²) >= 11 is 6.51. The zero-order valence-corrected chi connectivity index (χ0v) is 31.1. The summed E-state index contributed by atoms with van der Waals surface area (Å²) in [4.78, 5) is 44.1. The zero-order chi connectivity index (χ0) is 38.3. The van der Waals surface area contributed by atoms with Gasteiger partial charge in [0.2, 0.25) is 17.5 Å². The maximum atomic E-state index is 13.0. The number of carbonyl (C=O) groups excluding carboxylic acids is 2. The van der Waals surface area contributed by atoms with Crippen molar-refractivity contribution in [1.82, 2.24) is 34.3 Å². The molecule has 3 aromatic rings. The Hall–Kier alpha value is -3.87. The molecule has 1 aromatic carbocycles. The molecule has 0 bridgehead atoms. The van der Waals surface area contributed by atoms with Crippen molar-refractivity contribution in [3.8, 4) is 5.75 Å². The fourth-order valence-electron chi connectivity index (χ4n) is 6.50. The standard InChI is InChI=1S/C30H37ClF2N8O4S.C4H7FO2/c31-27-23-16-20(2-3-24(23)41(38-27)25-4-5-26(42)37-28(25)43)19-6-11-39(12-7-19)10-1-15-46(44)40-13-8-21(9-14-40)36-30-34-17-22(18-35-30)45-29(32)33;1-4(2,5)3(6)7/h2-3,16-19,21,25,29H,1,4-15H2,(H,34,35,36)(H,37,42,43);1-2H3,(H,6,7). The monoisotopic (exact) mass is 784 g/mol. The summed E-state index contributed by atoms with van der Waals surface area (Å²) < 4.78 is 57.4. The van der Waals surface area contributed by atoms with Gasteiger partial charge in [-0.25, -0.2) is 27.7 Å². The van der Waals surface area contributed by atoms with Crippen LogP contribution in [0.4, 0.5) is 19.1 Å². The zero-order valence-electron chi connectivity index (χ0n) is 29.5. The molecule has 2 atom stereocenters. The molecular weight excluding hydrogens is 741 g/mol. The average molecular weight is 785 g/mol. The molecule has 0 radical (unpaired) electrons. The molecule has 2 unspecified atom stereocenters. The number of nitrogens with one attached hydrogen (secondary N) is 2. The number of carboxylic acids is 1. The largest absolute Gasteiger partial charge is 0.479 e. The van der Waals surface area contributed by atoms with Gasteiger partial charge in [-0.3, -0.25) is 19.6 Å². The SMILES string of the molecule is CC(C)(F)C(=O)O.O=C1CCC(n2nc(Cl)c3cc(C4CCN(CCCS(=O)N5CCC(Nc6ncc(OC(F)F)cn6)CC5)CC4)ccc32)C(=O)N1. The molecule has 3 fully saturated rings. The molecule has 53 heavy (non-hydrogen) atoms. The van der Waals surface area contributed by atoms with Gasteiger partial charge in [0.05, 0.1) is 28.9 Å². The Morgan fingerprint density at radius 2 is 1.77 bits per heavy atom. The molecule has 3 aliphatic heterocycles. The van der Waals surface area contributed by atoms with Crippen LogP contribution in [-0.4, -0.2) is 113 Å². The van der Waals surface area contributed by atoms with Crippen LogP contribution in [0.1, 0.15) is 76.3 Å². The predicted molar refractivity (Wildman–Crippen MR) is 192 cm³/mol. The number of hydrogen-bond acceptors (Lipinski definition) is 10. The van der Waals surface area contributed by atoms with Gasteiger partial charge >= 0.3 is 12.6 Å². The van der Waals surface area contributed by atoms with Gasteiger partial charge in [-0.2, -0.15) is 13.9 Å². The van der Waals surface area contributed by atoms with Crippen molar-refractivity contribution in [2.24, 2.45) is 0 Å². The van der Waals surface area contributed by atoms with E-state index in [1.54, 1.807) is 4.68 Å². The van der Waals surface area contributed by atoms with E-state index >= 15 is 0 Å². The molecule has 14 nitrogen and oxygen atoms in total. The summed E-state index contributed by atoms with van der Waals surface area (Å²) in [5, 5.41) is 19.1. The number of halogens is 4. The molecule has 6 rings (SSSR count). The lowest BCUT2D eigenvalue weighted by atomic mass is 9.89. The van der Waals surface area contributed by atoms with E-state index in [1.165, 1.54) is 18.0 Å². The Bertz CT molecular complexity index is 1760. The van der Waals surface area contributed by atoms with E-state index in [9.17, 15) is 31.8 Å². The van der Waals surface area contributed by atoms with E-state index in [-0.39, 0.29) is 30.0 Å². The Morgan fingerprint density at radius 1 is 1.11 bits per heavy atom. The molecule has 19 heteroatoms. The van der Waals surface area contributed by atoms with Gasteiger partial charge in [0.1, 0.15) is 6.04 Å². The number of ether oxygens (including phenoxy) is 1. The smallest absolute Gasteiger partial charge is 0.387 e. The van der Waals surface area contributed by atoms with Gasteiger partial charge in [0.15, 0.2) is 10.9 Å². The first-order valence-corrected chi connectivity index (χ1v) is 19.2. The first-order valence-electron chi connectivity index (χ1n) is 17.5. The van der Waals surface area contributed by atoms with Crippen LogP contribution in [0.15, 0.2) is 30.6 Å². The number of nitrogens with zero attached hydrogens (tertiary/aromatic N) is 6. The van der Waals surface area contributed by atoms with Crippen LogP contribution < -0.4 is 15.4 Å². The summed E-state index contributed by atoms with van der Waals surface area (Å²) in [5.74, 6) is -0.744. The number of amides is 2. The van der Waals surface area contributed by atoms with E-state index in [2.05, 4.69) is 47.5 Å². The van der Waals surface area contributed by atoms with Crippen molar-refractivity contribution in [2.75, 3.05) is 43.8 Å². The molecule has 2 amide bonds. The fraction of sp³-hybridized carbons (Fsp3) is 0.588. The van der Waals surface area contributed by atoms with Crippen LogP contribution in [0.2, 0.25) is 5.15 Å². The molecular formula is C34H44ClF3N8O6S. The number of aliphatic carboxylic acids is 1. The minimum atomic E-state index is -2.92. The Labute approximate surface area is 312 Å². The Kier molecular flexibility index (Phi) is 13.7. The normalized spacial score (nSPS) is 20.2. The van der Waals surface area contributed by atoms with Crippen LogP contribution in [-0.2, 0) is 25.4 Å². The summed E-state index contributed by atoms with van der Waals surface area (Å²) in [6.45, 7) is 3.31. The van der Waals surface area contributed by atoms with Gasteiger partial charge in [-0.05, 0) is 95.6 Å². The number of carbonyl (C=O) groups is 3. The molecule has 5 heterocycles. The van der Waals surface area contributed by atoms with Crippen LogP contribution in [0.5, 0.6) is 5.75 Å². The lowest BCUT2D eigenvalue weighted by Gasteiger charge is -2.33. The maximum absolute atomic E-state index is 13.0. The topological polar surface area (TPSA) is 172 Å². The lowest BCUT2D eigenvalue weighted by molar-refractivity contribution is -0.148. The van der Waals surface area contributed by atoms with Gasteiger partial charge in [-0.1, -0.05) is 17.7 Å². The van der Waals surface area contributed by atoms with E-state index in [1.807, 2.05) is 10.4 Å². The first kappa shape index (κ1) is 40.3. The molecule has 0 aliphatic carbocycles. The minimum absolute atomic E-state index is 0.0865. The highest BCUT2D eigenvalue weighted by Gasteiger charge is 2.31. The van der Waals surface area contributed by atoms with E-state index in [0.29, 0.717) is 42.3 Å². The third kappa shape index (κ3) is 11.1. The fourth-order valence-corrected chi connectivity index (χ4v) is 7.98. The second-order valence-electron chi connectivity index (χ2n) is 13.7. The average Bonchev–Trinajstić information content (AvgIpc) is 3.44. The van der Waals surface area contributed by atoms with E-state index in [4.69, 9.17) is 16.7 Å². The van der Waals surface area contributed by atoms with Crippen molar-refractivity contribution in [3.63, 3.8) is 0 Å². The van der Waals surface area contributed by atoms with Crippen LogP contribution >= 0.6 is 11.6 Å². The second kappa shape index (κ2) is 18.0. The predicted octanol–water partition coefficient (Wildman–Crippen LogP) is 4.69. The van der Waals surface area contributed by atoms with Crippen molar-refractivity contribution in [1.29, 1.82) is 0 Å². The highest BCUT2D eigenvalue weighted by molar-refractivity contribution is 7.82. The van der Waals surface area contributed by atoms with Gasteiger partial charge in [-0.15, -0.1) is 0 Å². The van der Waals surface area contributed by atoms with Gasteiger partial charge in [0, 0.05) is 36.7 Å². The lowest BCUT2D eigenvalue weighted by Crippen LogP contribution is -2.42. The number of benzene rings is 1. The number of fused-ring (bicyclic) bond motifs is 1. The first-order chi connectivity index (χ1) is 25.2. The summed E-state index contributed by atoms with van der Waals surface area (Å²) in [6.07, 6.45) is 7.56. The summed E-state index contributed by atoms with van der Waals surface area (Å²) in [7, 11) is -1.04. The number of aromatic nitrogens is 4. The number of carboxylic acid groups (broad SMARTS) is 1. The van der Waals surface area contributed by atoms with Crippen molar-refractivity contribution in [2.45, 2.75) is 89.1 Å². The summed E-state index contributed by atoms with van der Waals surface area (Å²) in [5.41, 5.74) is -0.0850. The van der Waals surface area contributed by atoms with Crippen molar-refractivity contribution >= 4 is 57.2 Å². The quantitative estimate of drug-likeness (QED) is 0.218. The molecule has 3 saturated heterocycles. The van der Waals surface area contributed by atoms with Crippen LogP contribution in [0.3, 0.4) is 0 Å². The second-order valence-corrected chi connectivity index (χ2v) is 15.6. The molecule has 0 saturated carbocycles. The van der Waals surface area contributed by atoms with Crippen LogP contribution in [0, 0.1) is 0 Å². The number of piperidine rings is 3. The Morgan fingerprint density at radius 3 is 2.38 bits per heavy atom. The van der Waals surface area contributed by atoms with Gasteiger partial charge < -0.3 is 20.1 Å². The van der Waals surface area contributed by atoms with Crippen LogP contribution in [0.25, 0.3) is 10.9 Å². The minimum Gasteiger partial charge on any atom is -0.479 e. The number of likely N-dealkylation sites (tertiary alicyclic amines) is 1. The van der Waals surface area contributed by atoms with E-state index < -0.39 is 35.3 Å². The van der Waals surface area contributed by atoms with Gasteiger partial charge in [0.25, 0.3) is 5.91 Å². The Balaban J connectivity index is 0.000000705. The molecule has 2 aromatic heterocycles. The number of alkyl halides is 3. The molecule has 3 N–H and O–H groups in total. The molecule has 290 valence electrons.